The lowest BCUT2D eigenvalue weighted by Gasteiger charge is -2.06. The fourth-order valence-electron chi connectivity index (χ4n) is 1.92. The topological polar surface area (TPSA) is 52.5 Å². The molecule has 2 N–H and O–H groups in total. The number of benzene rings is 1. The quantitative estimate of drug-likeness (QED) is 0.806. The molecule has 5 heteroatoms. The van der Waals surface area contributed by atoms with Crippen LogP contribution in [0.2, 0.25) is 0 Å². The van der Waals surface area contributed by atoms with E-state index in [1.54, 1.807) is 0 Å². The summed E-state index contributed by atoms with van der Waals surface area (Å²) in [7, 11) is 0. The summed E-state index contributed by atoms with van der Waals surface area (Å²) in [5.74, 6) is 1.27. The molecule has 0 spiro atoms. The average Bonchev–Trinajstić information content (AvgIpc) is 2.78. The van der Waals surface area contributed by atoms with Gasteiger partial charge in [-0.15, -0.1) is 0 Å². The molecule has 0 amide bonds. The highest BCUT2D eigenvalue weighted by Gasteiger charge is 2.13. The van der Waals surface area contributed by atoms with Gasteiger partial charge in [-0.2, -0.15) is 4.98 Å². The molecule has 0 bridgehead atoms. The van der Waals surface area contributed by atoms with E-state index in [0.29, 0.717) is 12.4 Å². The monoisotopic (exact) mass is 317 g/mol. The molecular formula is C14H12BrN3O. The van der Waals surface area contributed by atoms with E-state index in [9.17, 15) is 0 Å². The maximum Gasteiger partial charge on any atom is 0.242 e. The Bertz CT molecular complexity index is 724. The van der Waals surface area contributed by atoms with Crippen LogP contribution in [0.1, 0.15) is 5.69 Å². The Balaban J connectivity index is 2.08. The lowest BCUT2D eigenvalue weighted by molar-refractivity contribution is 0.456. The number of ether oxygens (including phenoxy) is 1. The molecule has 0 saturated heterocycles. The lowest BCUT2D eigenvalue weighted by atomic mass is 10.3. The molecule has 0 aliphatic rings. The van der Waals surface area contributed by atoms with Gasteiger partial charge in [-0.05, 0) is 40.2 Å². The maximum absolute atomic E-state index is 5.86. The van der Waals surface area contributed by atoms with Crippen LogP contribution in [-0.2, 0) is 6.54 Å². The predicted octanol–water partition coefficient (Wildman–Crippen LogP) is 3.35. The predicted molar refractivity (Wildman–Crippen MR) is 77.3 cm³/mol. The van der Waals surface area contributed by atoms with Crippen molar-refractivity contribution in [2.45, 2.75) is 6.54 Å². The minimum Gasteiger partial charge on any atom is -0.436 e. The molecule has 2 heterocycles. The number of hydrogen-bond donors (Lipinski definition) is 1. The number of imidazole rings is 1. The molecule has 19 heavy (non-hydrogen) atoms. The summed E-state index contributed by atoms with van der Waals surface area (Å²) in [5, 5.41) is 0. The van der Waals surface area contributed by atoms with Crippen LogP contribution < -0.4 is 10.5 Å². The normalized spacial score (nSPS) is 10.8. The van der Waals surface area contributed by atoms with Crippen molar-refractivity contribution in [1.29, 1.82) is 0 Å². The number of aromatic nitrogens is 2. The van der Waals surface area contributed by atoms with Crippen molar-refractivity contribution in [1.82, 2.24) is 9.38 Å². The van der Waals surface area contributed by atoms with Crippen molar-refractivity contribution >= 4 is 21.6 Å². The van der Waals surface area contributed by atoms with Crippen LogP contribution >= 0.6 is 15.9 Å². The van der Waals surface area contributed by atoms with Gasteiger partial charge in [-0.1, -0.05) is 18.2 Å². The Morgan fingerprint density at radius 1 is 1.16 bits per heavy atom. The van der Waals surface area contributed by atoms with Crippen molar-refractivity contribution in [3.05, 3.63) is 58.8 Å². The number of nitrogens with zero attached hydrogens (tertiary/aromatic N) is 2. The Morgan fingerprint density at radius 3 is 2.74 bits per heavy atom. The van der Waals surface area contributed by atoms with E-state index in [-0.39, 0.29) is 0 Å². The second kappa shape index (κ2) is 5.03. The molecular weight excluding hydrogens is 306 g/mol. The number of fused-ring (bicyclic) bond motifs is 1. The summed E-state index contributed by atoms with van der Waals surface area (Å²) in [4.78, 5) is 4.46. The molecule has 3 aromatic rings. The van der Waals surface area contributed by atoms with Gasteiger partial charge >= 0.3 is 0 Å². The summed E-state index contributed by atoms with van der Waals surface area (Å²) in [6.07, 6.45) is 1.93. The van der Waals surface area contributed by atoms with Crippen LogP contribution in [0.25, 0.3) is 5.65 Å². The largest absolute Gasteiger partial charge is 0.436 e. The molecule has 0 aliphatic heterocycles. The van der Waals surface area contributed by atoms with E-state index < -0.39 is 0 Å². The van der Waals surface area contributed by atoms with E-state index in [2.05, 4.69) is 20.9 Å². The SMILES string of the molecule is NCc1c(Oc2ccccc2Br)nc2ccccn12. The first kappa shape index (κ1) is 12.2. The number of rotatable bonds is 3. The highest BCUT2D eigenvalue weighted by molar-refractivity contribution is 9.10. The molecule has 0 atom stereocenters. The van der Waals surface area contributed by atoms with Gasteiger partial charge in [0.25, 0.3) is 0 Å². The molecule has 0 fully saturated rings. The third-order valence-electron chi connectivity index (χ3n) is 2.83. The fraction of sp³-hybridized carbons (Fsp3) is 0.0714. The summed E-state index contributed by atoms with van der Waals surface area (Å²) < 4.78 is 8.68. The highest BCUT2D eigenvalue weighted by atomic mass is 79.9. The number of pyridine rings is 1. The van der Waals surface area contributed by atoms with Crippen LogP contribution in [0, 0.1) is 0 Å². The number of nitrogens with two attached hydrogens (primary N) is 1. The summed E-state index contributed by atoms with van der Waals surface area (Å²) in [6, 6.07) is 13.5. The zero-order valence-electron chi connectivity index (χ0n) is 10.1. The third-order valence-corrected chi connectivity index (χ3v) is 3.48. The van der Waals surface area contributed by atoms with Crippen LogP contribution in [0.3, 0.4) is 0 Å². The Labute approximate surface area is 119 Å². The van der Waals surface area contributed by atoms with Gasteiger partial charge in [0.05, 0.1) is 4.47 Å². The minimum atomic E-state index is 0.366. The molecule has 3 rings (SSSR count). The van der Waals surface area contributed by atoms with Gasteiger partial charge in [-0.3, -0.25) is 4.40 Å². The first-order valence-electron chi connectivity index (χ1n) is 5.88. The summed E-state index contributed by atoms with van der Waals surface area (Å²) >= 11 is 3.45. The van der Waals surface area contributed by atoms with E-state index in [1.165, 1.54) is 0 Å². The Kier molecular flexibility index (Phi) is 3.23. The Morgan fingerprint density at radius 2 is 1.95 bits per heavy atom. The molecule has 96 valence electrons. The fourth-order valence-corrected chi connectivity index (χ4v) is 2.29. The summed E-state index contributed by atoms with van der Waals surface area (Å²) in [5.41, 5.74) is 7.48. The first-order valence-corrected chi connectivity index (χ1v) is 6.67. The third kappa shape index (κ3) is 2.22. The van der Waals surface area contributed by atoms with Crippen molar-refractivity contribution in [2.24, 2.45) is 5.73 Å². The van der Waals surface area contributed by atoms with Gasteiger partial charge in [0, 0.05) is 12.7 Å². The van der Waals surface area contributed by atoms with Crippen LogP contribution in [0.15, 0.2) is 53.1 Å². The maximum atomic E-state index is 5.86. The average molecular weight is 318 g/mol. The number of hydrogen-bond acceptors (Lipinski definition) is 3. The molecule has 2 aromatic heterocycles. The minimum absolute atomic E-state index is 0.366. The molecule has 0 radical (unpaired) electrons. The smallest absolute Gasteiger partial charge is 0.242 e. The van der Waals surface area contributed by atoms with Crippen LogP contribution in [-0.4, -0.2) is 9.38 Å². The second-order valence-electron chi connectivity index (χ2n) is 4.03. The van der Waals surface area contributed by atoms with Crippen molar-refractivity contribution < 1.29 is 4.74 Å². The van der Waals surface area contributed by atoms with Crippen LogP contribution in [0.4, 0.5) is 0 Å². The van der Waals surface area contributed by atoms with Gasteiger partial charge in [0.2, 0.25) is 5.88 Å². The van der Waals surface area contributed by atoms with E-state index in [1.807, 2.05) is 53.1 Å². The highest BCUT2D eigenvalue weighted by Crippen LogP contribution is 2.30. The zero-order valence-corrected chi connectivity index (χ0v) is 11.7. The van der Waals surface area contributed by atoms with E-state index in [0.717, 1.165) is 21.6 Å². The van der Waals surface area contributed by atoms with Gasteiger partial charge in [0.15, 0.2) is 0 Å². The standard InChI is InChI=1S/C14H12BrN3O/c15-10-5-1-2-6-12(10)19-14-11(9-16)18-8-4-3-7-13(18)17-14/h1-8H,9,16H2. The molecule has 0 aliphatic carbocycles. The zero-order chi connectivity index (χ0) is 13.2. The van der Waals surface area contributed by atoms with E-state index >= 15 is 0 Å². The van der Waals surface area contributed by atoms with Gasteiger partial charge in [-0.25, -0.2) is 0 Å². The van der Waals surface area contributed by atoms with Crippen molar-refractivity contribution in [2.75, 3.05) is 0 Å². The van der Waals surface area contributed by atoms with E-state index in [4.69, 9.17) is 10.5 Å². The van der Waals surface area contributed by atoms with Crippen molar-refractivity contribution in [3.8, 4) is 11.6 Å². The molecule has 1 aromatic carbocycles. The van der Waals surface area contributed by atoms with Crippen molar-refractivity contribution in [3.63, 3.8) is 0 Å². The Hall–Kier alpha value is -1.85. The number of halogens is 1. The molecule has 0 unspecified atom stereocenters. The number of para-hydroxylation sites is 1. The van der Waals surface area contributed by atoms with Gasteiger partial charge in [0.1, 0.15) is 17.1 Å². The molecule has 4 nitrogen and oxygen atoms in total. The van der Waals surface area contributed by atoms with Gasteiger partial charge < -0.3 is 10.5 Å². The van der Waals surface area contributed by atoms with Crippen LogP contribution in [0.5, 0.6) is 11.6 Å². The second-order valence-corrected chi connectivity index (χ2v) is 4.88. The lowest BCUT2D eigenvalue weighted by Crippen LogP contribution is -2.02. The molecule has 0 saturated carbocycles. The summed E-state index contributed by atoms with van der Waals surface area (Å²) in [6.45, 7) is 0.366. The first-order chi connectivity index (χ1) is 9.29.